The molecule has 0 aliphatic carbocycles. The highest BCUT2D eigenvalue weighted by Crippen LogP contribution is 2.44. The average molecular weight is 514 g/mol. The topological polar surface area (TPSA) is 79.7 Å². The van der Waals surface area contributed by atoms with E-state index in [1.807, 2.05) is 6.92 Å². The van der Waals surface area contributed by atoms with Crippen molar-refractivity contribution in [3.63, 3.8) is 0 Å². The number of aryl methyl sites for hydroxylation is 1. The molecule has 1 N–H and O–H groups in total. The molecule has 1 atom stereocenters. The molecule has 0 radical (unpaired) electrons. The van der Waals surface area contributed by atoms with E-state index in [0.29, 0.717) is 32.1 Å². The molecule has 2 aromatic carbocycles. The Balaban J connectivity index is 1.96. The molecule has 32 heavy (non-hydrogen) atoms. The lowest BCUT2D eigenvalue weighted by Crippen LogP contribution is -2.30. The number of Topliss-reactive ketones (excluding diaryl/α,β-unsaturated/α-hetero) is 1. The second-order valence-corrected chi connectivity index (χ2v) is 8.52. The van der Waals surface area contributed by atoms with Crippen molar-refractivity contribution in [2.75, 3.05) is 12.0 Å². The van der Waals surface area contributed by atoms with Crippen molar-refractivity contribution >= 4 is 50.7 Å². The molecule has 1 fully saturated rings. The standard InChI is InChI=1S/C24H18BrClN2O4/c1-13-3-5-16(26)12-18(13)28-21(14-7-9-27-10-8-14)20(23(30)24(28)31)22(29)15-4-6-19(32-2)17(25)11-15/h3-12,21,29H,1-2H3/b22-20+. The molecule has 6 nitrogen and oxygen atoms in total. The van der Waals surface area contributed by atoms with Crippen LogP contribution in [0.3, 0.4) is 0 Å². The Morgan fingerprint density at radius 1 is 1.12 bits per heavy atom. The van der Waals surface area contributed by atoms with Crippen molar-refractivity contribution in [3.05, 3.63) is 92.7 Å². The lowest BCUT2D eigenvalue weighted by molar-refractivity contribution is -0.132. The van der Waals surface area contributed by atoms with Crippen LogP contribution in [0.5, 0.6) is 5.75 Å². The van der Waals surface area contributed by atoms with Crippen LogP contribution in [0, 0.1) is 6.92 Å². The summed E-state index contributed by atoms with van der Waals surface area (Å²) in [6.45, 7) is 1.83. The van der Waals surface area contributed by atoms with Crippen LogP contribution in [0.25, 0.3) is 5.76 Å². The molecule has 1 saturated heterocycles. The Kier molecular flexibility index (Phi) is 6.04. The Hall–Kier alpha value is -3.16. The summed E-state index contributed by atoms with van der Waals surface area (Å²) < 4.78 is 5.84. The number of carbonyl (C=O) groups excluding carboxylic acids is 2. The van der Waals surface area contributed by atoms with Crippen molar-refractivity contribution in [2.24, 2.45) is 0 Å². The molecule has 0 saturated carbocycles. The quantitative estimate of drug-likeness (QED) is 0.285. The minimum atomic E-state index is -0.851. The summed E-state index contributed by atoms with van der Waals surface area (Å²) in [6.07, 6.45) is 3.15. The first-order chi connectivity index (χ1) is 15.3. The number of hydrogen-bond donors (Lipinski definition) is 1. The average Bonchev–Trinajstić information content (AvgIpc) is 3.06. The highest BCUT2D eigenvalue weighted by molar-refractivity contribution is 9.10. The maximum Gasteiger partial charge on any atom is 0.300 e. The number of halogens is 2. The predicted molar refractivity (Wildman–Crippen MR) is 126 cm³/mol. The van der Waals surface area contributed by atoms with Crippen molar-refractivity contribution in [3.8, 4) is 5.75 Å². The highest BCUT2D eigenvalue weighted by atomic mass is 79.9. The van der Waals surface area contributed by atoms with Gasteiger partial charge in [-0.3, -0.25) is 19.5 Å². The van der Waals surface area contributed by atoms with Crippen molar-refractivity contribution in [2.45, 2.75) is 13.0 Å². The van der Waals surface area contributed by atoms with Crippen molar-refractivity contribution in [1.82, 2.24) is 4.98 Å². The summed E-state index contributed by atoms with van der Waals surface area (Å²) in [4.78, 5) is 31.8. The molecule has 3 aromatic rings. The van der Waals surface area contributed by atoms with E-state index in [9.17, 15) is 14.7 Å². The second-order valence-electron chi connectivity index (χ2n) is 7.23. The summed E-state index contributed by atoms with van der Waals surface area (Å²) in [5.74, 6) is -1.24. The van der Waals surface area contributed by atoms with Gasteiger partial charge in [-0.25, -0.2) is 0 Å². The third-order valence-electron chi connectivity index (χ3n) is 5.32. The summed E-state index contributed by atoms with van der Waals surface area (Å²) in [6, 6.07) is 12.6. The summed E-state index contributed by atoms with van der Waals surface area (Å²) in [5, 5.41) is 11.6. The predicted octanol–water partition coefficient (Wildman–Crippen LogP) is 5.44. The number of benzene rings is 2. The van der Waals surface area contributed by atoms with E-state index in [4.69, 9.17) is 16.3 Å². The number of methoxy groups -OCH3 is 1. The first kappa shape index (κ1) is 22.0. The molecule has 2 heterocycles. The minimum Gasteiger partial charge on any atom is -0.507 e. The van der Waals surface area contributed by atoms with Gasteiger partial charge in [0.05, 0.1) is 23.2 Å². The van der Waals surface area contributed by atoms with E-state index in [1.165, 1.54) is 12.0 Å². The zero-order valence-corrected chi connectivity index (χ0v) is 19.5. The van der Waals surface area contributed by atoms with E-state index in [-0.39, 0.29) is 11.3 Å². The van der Waals surface area contributed by atoms with Gasteiger partial charge in [-0.2, -0.15) is 0 Å². The molecule has 8 heteroatoms. The van der Waals surface area contributed by atoms with E-state index < -0.39 is 17.7 Å². The first-order valence-electron chi connectivity index (χ1n) is 9.64. The van der Waals surface area contributed by atoms with Crippen LogP contribution in [0.1, 0.15) is 22.7 Å². The molecular weight excluding hydrogens is 496 g/mol. The third kappa shape index (κ3) is 3.78. The van der Waals surface area contributed by atoms with Crippen LogP contribution in [0.4, 0.5) is 5.69 Å². The van der Waals surface area contributed by atoms with Gasteiger partial charge in [0.25, 0.3) is 11.7 Å². The number of aromatic nitrogens is 1. The normalized spacial score (nSPS) is 17.6. The van der Waals surface area contributed by atoms with Crippen LogP contribution in [0.15, 0.2) is 71.0 Å². The van der Waals surface area contributed by atoms with Gasteiger partial charge in [0.2, 0.25) is 0 Å². The number of rotatable bonds is 4. The zero-order valence-electron chi connectivity index (χ0n) is 17.2. The molecule has 162 valence electrons. The lowest BCUT2D eigenvalue weighted by atomic mass is 9.95. The van der Waals surface area contributed by atoms with Crippen LogP contribution >= 0.6 is 27.5 Å². The molecule has 1 unspecified atom stereocenters. The third-order valence-corrected chi connectivity index (χ3v) is 6.18. The number of anilines is 1. The fraction of sp³-hybridized carbons (Fsp3) is 0.125. The molecule has 0 spiro atoms. The molecule has 1 aliphatic rings. The van der Waals surface area contributed by atoms with Gasteiger partial charge in [-0.1, -0.05) is 17.7 Å². The Bertz CT molecular complexity index is 1260. The fourth-order valence-corrected chi connectivity index (χ4v) is 4.46. The SMILES string of the molecule is COc1ccc(/C(O)=C2\C(=O)C(=O)N(c3cc(Cl)ccc3C)C2c2ccncc2)cc1Br. The zero-order chi connectivity index (χ0) is 23.0. The van der Waals surface area contributed by atoms with Gasteiger partial charge in [-0.15, -0.1) is 0 Å². The van der Waals surface area contributed by atoms with Crippen LogP contribution in [-0.4, -0.2) is 28.9 Å². The first-order valence-corrected chi connectivity index (χ1v) is 10.8. The van der Waals surface area contributed by atoms with Gasteiger partial charge < -0.3 is 9.84 Å². The maximum atomic E-state index is 13.2. The van der Waals surface area contributed by atoms with Crippen LogP contribution < -0.4 is 9.64 Å². The number of nitrogens with zero attached hydrogens (tertiary/aromatic N) is 2. The van der Waals surface area contributed by atoms with Crippen molar-refractivity contribution < 1.29 is 19.4 Å². The highest BCUT2D eigenvalue weighted by Gasteiger charge is 2.47. The van der Waals surface area contributed by atoms with Crippen LogP contribution in [-0.2, 0) is 9.59 Å². The van der Waals surface area contributed by atoms with Gasteiger partial charge in [-0.05, 0) is 76.4 Å². The Labute approximate surface area is 198 Å². The van der Waals surface area contributed by atoms with Gasteiger partial charge in [0.1, 0.15) is 11.5 Å². The van der Waals surface area contributed by atoms with Gasteiger partial charge >= 0.3 is 0 Å². The van der Waals surface area contributed by atoms with Gasteiger partial charge in [0.15, 0.2) is 0 Å². The van der Waals surface area contributed by atoms with Crippen molar-refractivity contribution in [1.29, 1.82) is 0 Å². The number of hydrogen-bond acceptors (Lipinski definition) is 5. The smallest absolute Gasteiger partial charge is 0.300 e. The minimum absolute atomic E-state index is 0.0161. The summed E-state index contributed by atoms with van der Waals surface area (Å²) in [7, 11) is 1.53. The summed E-state index contributed by atoms with van der Waals surface area (Å²) in [5.41, 5.74) is 2.25. The van der Waals surface area contributed by atoms with E-state index in [2.05, 4.69) is 20.9 Å². The fourth-order valence-electron chi connectivity index (χ4n) is 3.75. The van der Waals surface area contributed by atoms with E-state index in [0.717, 1.165) is 5.56 Å². The number of aliphatic hydroxyl groups excluding tert-OH is 1. The van der Waals surface area contributed by atoms with Gasteiger partial charge in [0, 0.05) is 28.7 Å². The number of ketones is 1. The lowest BCUT2D eigenvalue weighted by Gasteiger charge is -2.27. The molecule has 0 bridgehead atoms. The monoisotopic (exact) mass is 512 g/mol. The number of amides is 1. The van der Waals surface area contributed by atoms with E-state index in [1.54, 1.807) is 60.9 Å². The molecule has 1 amide bonds. The van der Waals surface area contributed by atoms with E-state index >= 15 is 0 Å². The number of pyridine rings is 1. The largest absolute Gasteiger partial charge is 0.507 e. The number of carbonyl (C=O) groups is 2. The molecular formula is C24H18BrClN2O4. The van der Waals surface area contributed by atoms with Crippen LogP contribution in [0.2, 0.25) is 5.02 Å². The molecule has 4 rings (SSSR count). The number of aliphatic hydroxyl groups is 1. The Morgan fingerprint density at radius 2 is 1.84 bits per heavy atom. The Morgan fingerprint density at radius 3 is 2.50 bits per heavy atom. The molecule has 1 aromatic heterocycles. The summed E-state index contributed by atoms with van der Waals surface area (Å²) >= 11 is 9.60. The maximum absolute atomic E-state index is 13.2. The number of ether oxygens (including phenoxy) is 1. The second kappa shape index (κ2) is 8.76. The molecule has 1 aliphatic heterocycles.